The fraction of sp³-hybridized carbons (Fsp3) is 0.286. The van der Waals surface area contributed by atoms with Crippen molar-refractivity contribution in [3.05, 3.63) is 90.2 Å². The second-order valence-electron chi connectivity index (χ2n) is 8.96. The summed E-state index contributed by atoms with van der Waals surface area (Å²) in [5, 5.41) is 3.48. The van der Waals surface area contributed by atoms with Gasteiger partial charge in [-0.05, 0) is 61.7 Å². The van der Waals surface area contributed by atoms with Gasteiger partial charge in [-0.3, -0.25) is 4.90 Å². The number of nitrogens with zero attached hydrogens (tertiary/aromatic N) is 3. The van der Waals surface area contributed by atoms with Crippen molar-refractivity contribution in [2.24, 2.45) is 0 Å². The fourth-order valence-corrected chi connectivity index (χ4v) is 4.75. The minimum Gasteiger partial charge on any atom is -0.440 e. The quantitative estimate of drug-likeness (QED) is 0.221. The van der Waals surface area contributed by atoms with Crippen LogP contribution in [-0.2, 0) is 0 Å². The van der Waals surface area contributed by atoms with Crippen molar-refractivity contribution in [2.75, 3.05) is 24.4 Å². The second-order valence-corrected chi connectivity index (χ2v) is 9.19. The Balaban J connectivity index is 1.47. The third kappa shape index (κ3) is 5.39. The highest BCUT2D eigenvalue weighted by Crippen LogP contribution is 2.38. The number of likely N-dealkylation sites (tertiary alicyclic amines) is 1. The van der Waals surface area contributed by atoms with Crippen molar-refractivity contribution in [1.29, 1.82) is 0 Å². The monoisotopic (exact) mass is 490 g/mol. The van der Waals surface area contributed by atoms with Crippen LogP contribution in [0.1, 0.15) is 43.2 Å². The molecule has 7 heteroatoms. The normalized spacial score (nSPS) is 15.7. The van der Waals surface area contributed by atoms with E-state index in [1.165, 1.54) is 17.7 Å². The number of hydrogen-bond donors (Lipinski definition) is 1. The van der Waals surface area contributed by atoms with Crippen molar-refractivity contribution in [3.8, 4) is 22.6 Å². The lowest BCUT2D eigenvalue weighted by Crippen LogP contribution is -2.31. The van der Waals surface area contributed by atoms with Crippen LogP contribution in [0.3, 0.4) is 0 Å². The maximum absolute atomic E-state index is 13.6. The zero-order chi connectivity index (χ0) is 24.2. The van der Waals surface area contributed by atoms with E-state index in [0.29, 0.717) is 17.5 Å². The van der Waals surface area contributed by atoms with Gasteiger partial charge in [-0.1, -0.05) is 30.3 Å². The highest BCUT2D eigenvalue weighted by atomic mass is 35.5. The van der Waals surface area contributed by atoms with E-state index >= 15 is 0 Å². The molecule has 1 unspecified atom stereocenters. The molecule has 1 fully saturated rings. The number of benzene rings is 2. The van der Waals surface area contributed by atoms with Gasteiger partial charge in [-0.25, -0.2) is 14.4 Å². The number of pyridine rings is 1. The molecule has 4 aromatic rings. The molecular formula is C28H28ClFN4O. The van der Waals surface area contributed by atoms with Gasteiger partial charge in [-0.2, -0.15) is 0 Å². The highest BCUT2D eigenvalue weighted by Gasteiger charge is 2.27. The van der Waals surface area contributed by atoms with Gasteiger partial charge in [-0.15, -0.1) is 11.6 Å². The third-order valence-corrected chi connectivity index (χ3v) is 6.89. The maximum atomic E-state index is 13.6. The van der Waals surface area contributed by atoms with E-state index in [-0.39, 0.29) is 17.8 Å². The van der Waals surface area contributed by atoms with Gasteiger partial charge in [0.25, 0.3) is 0 Å². The molecule has 0 saturated carbocycles. The van der Waals surface area contributed by atoms with E-state index in [4.69, 9.17) is 21.0 Å². The van der Waals surface area contributed by atoms with Gasteiger partial charge >= 0.3 is 0 Å². The van der Waals surface area contributed by atoms with Gasteiger partial charge in [0.2, 0.25) is 0 Å². The summed E-state index contributed by atoms with van der Waals surface area (Å²) in [4.78, 5) is 11.7. The summed E-state index contributed by atoms with van der Waals surface area (Å²) in [6.07, 6.45) is 3.64. The van der Waals surface area contributed by atoms with Crippen LogP contribution in [-0.4, -0.2) is 34.0 Å². The number of alkyl halides is 1. The summed E-state index contributed by atoms with van der Waals surface area (Å²) in [5.41, 5.74) is 3.59. The average Bonchev–Trinajstić information content (AvgIpc) is 3.35. The van der Waals surface area contributed by atoms with Crippen LogP contribution in [0, 0.1) is 5.82 Å². The Morgan fingerprint density at radius 3 is 2.51 bits per heavy atom. The largest absolute Gasteiger partial charge is 0.440 e. The molecule has 2 aromatic heterocycles. The van der Waals surface area contributed by atoms with Crippen LogP contribution >= 0.6 is 11.6 Å². The van der Waals surface area contributed by atoms with E-state index in [2.05, 4.69) is 34.3 Å². The first kappa shape index (κ1) is 23.5. The summed E-state index contributed by atoms with van der Waals surface area (Å²) in [5.74, 6) is 2.08. The number of halogens is 2. The van der Waals surface area contributed by atoms with Crippen LogP contribution in [0.4, 0.5) is 10.2 Å². The Labute approximate surface area is 210 Å². The first-order valence-corrected chi connectivity index (χ1v) is 12.5. The molecule has 0 aliphatic carbocycles. The maximum Gasteiger partial charge on any atom is 0.198 e. The molecule has 1 N–H and O–H groups in total. The summed E-state index contributed by atoms with van der Waals surface area (Å²) in [6, 6.07) is 21.2. The molecule has 0 radical (unpaired) electrons. The van der Waals surface area contributed by atoms with Crippen LogP contribution in [0.5, 0.6) is 0 Å². The van der Waals surface area contributed by atoms with Crippen molar-refractivity contribution in [2.45, 2.75) is 31.7 Å². The van der Waals surface area contributed by atoms with Crippen molar-refractivity contribution >= 4 is 17.4 Å². The molecule has 180 valence electrons. The van der Waals surface area contributed by atoms with Crippen LogP contribution in [0.25, 0.3) is 22.6 Å². The third-order valence-electron chi connectivity index (χ3n) is 6.55. The van der Waals surface area contributed by atoms with Gasteiger partial charge in [0.05, 0.1) is 6.00 Å². The molecular weight excluding hydrogens is 463 g/mol. The first-order chi connectivity index (χ1) is 17.1. The Morgan fingerprint density at radius 2 is 1.80 bits per heavy atom. The number of anilines is 1. The van der Waals surface area contributed by atoms with Crippen molar-refractivity contribution in [3.63, 3.8) is 0 Å². The Hall–Kier alpha value is -3.22. The Bertz CT molecular complexity index is 1250. The smallest absolute Gasteiger partial charge is 0.198 e. The van der Waals surface area contributed by atoms with E-state index in [1.54, 1.807) is 18.3 Å². The van der Waals surface area contributed by atoms with E-state index in [1.807, 2.05) is 30.3 Å². The van der Waals surface area contributed by atoms with Gasteiger partial charge < -0.3 is 9.73 Å². The molecule has 1 atom stereocenters. The molecule has 5 rings (SSSR count). The van der Waals surface area contributed by atoms with Crippen LogP contribution < -0.4 is 5.32 Å². The number of rotatable bonds is 7. The molecule has 2 aromatic carbocycles. The Morgan fingerprint density at radius 1 is 1.06 bits per heavy atom. The predicted molar refractivity (Wildman–Crippen MR) is 138 cm³/mol. The van der Waals surface area contributed by atoms with E-state index < -0.39 is 0 Å². The Kier molecular flexibility index (Phi) is 7.11. The van der Waals surface area contributed by atoms with Gasteiger partial charge in [0.1, 0.15) is 17.3 Å². The number of oxazole rings is 1. The number of nitrogens with one attached hydrogen (secondary N) is 1. The number of aromatic nitrogens is 2. The van der Waals surface area contributed by atoms with Gasteiger partial charge in [0.15, 0.2) is 11.7 Å². The second kappa shape index (κ2) is 10.6. The van der Waals surface area contributed by atoms with Crippen LogP contribution in [0.2, 0.25) is 0 Å². The summed E-state index contributed by atoms with van der Waals surface area (Å²) in [6.45, 7) is 3.93. The van der Waals surface area contributed by atoms with Gasteiger partial charge in [0, 0.05) is 42.4 Å². The molecule has 5 nitrogen and oxygen atoms in total. The zero-order valence-corrected chi connectivity index (χ0v) is 20.4. The molecule has 1 aliphatic rings. The van der Waals surface area contributed by atoms with E-state index in [9.17, 15) is 4.39 Å². The standard InChI is InChI=1S/C28H28ClFN4O/c1-19(20-5-3-2-4-6-20)32-25-17-23(11-14-31-25)27-26(21-7-9-24(30)10-8-21)33-28(35-27)22-12-15-34(18-29)16-13-22/h2-11,14,17,19,22H,12-13,15-16,18H2,1H3,(H,31,32). The number of piperidine rings is 1. The predicted octanol–water partition coefficient (Wildman–Crippen LogP) is 7.09. The fourth-order valence-electron chi connectivity index (χ4n) is 4.51. The molecule has 35 heavy (non-hydrogen) atoms. The molecule has 0 spiro atoms. The van der Waals surface area contributed by atoms with Crippen LogP contribution in [0.15, 0.2) is 77.3 Å². The molecule has 1 saturated heterocycles. The first-order valence-electron chi connectivity index (χ1n) is 11.9. The summed E-state index contributed by atoms with van der Waals surface area (Å²) in [7, 11) is 0. The summed E-state index contributed by atoms with van der Waals surface area (Å²) >= 11 is 6.01. The molecule has 3 heterocycles. The topological polar surface area (TPSA) is 54.2 Å². The SMILES string of the molecule is CC(Nc1cc(-c2oc(C3CCN(CCl)CC3)nc2-c2ccc(F)cc2)ccn1)c1ccccc1. The molecule has 0 amide bonds. The summed E-state index contributed by atoms with van der Waals surface area (Å²) < 4.78 is 20.1. The minimum atomic E-state index is -0.280. The lowest BCUT2D eigenvalue weighted by molar-refractivity contribution is 0.227. The van der Waals surface area contributed by atoms with E-state index in [0.717, 1.165) is 48.8 Å². The lowest BCUT2D eigenvalue weighted by Gasteiger charge is -2.28. The van der Waals surface area contributed by atoms with Crippen molar-refractivity contribution in [1.82, 2.24) is 14.9 Å². The highest BCUT2D eigenvalue weighted by molar-refractivity contribution is 6.17. The van der Waals surface area contributed by atoms with Crippen molar-refractivity contribution < 1.29 is 8.81 Å². The zero-order valence-electron chi connectivity index (χ0n) is 19.6. The lowest BCUT2D eigenvalue weighted by atomic mass is 9.97. The molecule has 1 aliphatic heterocycles. The minimum absolute atomic E-state index is 0.0907. The molecule has 0 bridgehead atoms. The average molecular weight is 491 g/mol. The number of hydrogen-bond acceptors (Lipinski definition) is 5.